The van der Waals surface area contributed by atoms with Crippen LogP contribution in [0.2, 0.25) is 0 Å². The number of carbonyl (C=O) groups excluding carboxylic acids is 1. The van der Waals surface area contributed by atoms with Crippen molar-refractivity contribution in [2.75, 3.05) is 18.5 Å². The van der Waals surface area contributed by atoms with Crippen molar-refractivity contribution in [2.45, 2.75) is 45.6 Å². The molecule has 1 N–H and O–H groups in total. The van der Waals surface area contributed by atoms with Crippen LogP contribution in [0.1, 0.15) is 39.5 Å². The highest BCUT2D eigenvalue weighted by Crippen LogP contribution is 2.21. The molecule has 0 radical (unpaired) electrons. The molecule has 1 aromatic carbocycles. The smallest absolute Gasteiger partial charge is 0.267 e. The molecule has 1 aliphatic heterocycles. The summed E-state index contributed by atoms with van der Waals surface area (Å²) >= 11 is 0. The predicted octanol–water partition coefficient (Wildman–Crippen LogP) is 3.70. The van der Waals surface area contributed by atoms with Crippen LogP contribution < -0.4 is 10.1 Å². The Hall–Kier alpha value is -2.48. The minimum atomic E-state index is -0.373. The van der Waals surface area contributed by atoms with Crippen molar-refractivity contribution in [1.29, 1.82) is 5.26 Å². The van der Waals surface area contributed by atoms with Crippen LogP contribution in [0.15, 0.2) is 36.0 Å². The summed E-state index contributed by atoms with van der Waals surface area (Å²) in [5.41, 5.74) is 0.791. The summed E-state index contributed by atoms with van der Waals surface area (Å²) in [7, 11) is 0. The van der Waals surface area contributed by atoms with Crippen molar-refractivity contribution in [3.63, 3.8) is 0 Å². The Morgan fingerprint density at radius 1 is 1.38 bits per heavy atom. The van der Waals surface area contributed by atoms with Gasteiger partial charge in [0, 0.05) is 24.5 Å². The first-order valence-electron chi connectivity index (χ1n) is 8.59. The van der Waals surface area contributed by atoms with Crippen LogP contribution in [-0.2, 0) is 4.79 Å². The van der Waals surface area contributed by atoms with Crippen LogP contribution >= 0.6 is 0 Å². The fraction of sp³-hybridized carbons (Fsp3) is 0.474. The number of nitrogens with one attached hydrogen (secondary N) is 1. The molecule has 1 aliphatic rings. The topological polar surface area (TPSA) is 65.4 Å². The summed E-state index contributed by atoms with van der Waals surface area (Å²) in [6.07, 6.45) is 6.18. The molecule has 128 valence electrons. The van der Waals surface area contributed by atoms with Crippen molar-refractivity contribution in [3.05, 3.63) is 36.0 Å². The highest BCUT2D eigenvalue weighted by atomic mass is 16.5. The van der Waals surface area contributed by atoms with Crippen LogP contribution in [0.25, 0.3) is 0 Å². The van der Waals surface area contributed by atoms with Crippen LogP contribution in [0.5, 0.6) is 5.75 Å². The second-order valence-corrected chi connectivity index (χ2v) is 5.86. The average Bonchev–Trinajstić information content (AvgIpc) is 2.61. The van der Waals surface area contributed by atoms with Crippen molar-refractivity contribution in [2.24, 2.45) is 0 Å². The molecule has 5 nitrogen and oxygen atoms in total. The Kier molecular flexibility index (Phi) is 6.68. The molecule has 24 heavy (non-hydrogen) atoms. The maximum absolute atomic E-state index is 12.4. The lowest BCUT2D eigenvalue weighted by Gasteiger charge is -2.34. The second kappa shape index (κ2) is 8.97. The molecule has 0 aromatic heterocycles. The van der Waals surface area contributed by atoms with E-state index in [1.54, 1.807) is 30.5 Å². The number of likely N-dealkylation sites (tertiary alicyclic amines) is 1. The first-order valence-corrected chi connectivity index (χ1v) is 8.59. The van der Waals surface area contributed by atoms with Gasteiger partial charge < -0.3 is 15.0 Å². The monoisotopic (exact) mass is 327 g/mol. The third-order valence-corrected chi connectivity index (χ3v) is 4.23. The fourth-order valence-electron chi connectivity index (χ4n) is 2.94. The summed E-state index contributed by atoms with van der Waals surface area (Å²) < 4.78 is 5.38. The second-order valence-electron chi connectivity index (χ2n) is 5.86. The number of rotatable bonds is 6. The van der Waals surface area contributed by atoms with E-state index in [1.807, 2.05) is 13.0 Å². The van der Waals surface area contributed by atoms with Gasteiger partial charge in [0.1, 0.15) is 17.4 Å². The van der Waals surface area contributed by atoms with Gasteiger partial charge in [-0.2, -0.15) is 5.26 Å². The van der Waals surface area contributed by atoms with Crippen molar-refractivity contribution in [1.82, 2.24) is 4.90 Å². The minimum Gasteiger partial charge on any atom is -0.494 e. The zero-order chi connectivity index (χ0) is 17.4. The summed E-state index contributed by atoms with van der Waals surface area (Å²) in [4.78, 5) is 14.5. The molecule has 1 amide bonds. The maximum atomic E-state index is 12.4. The predicted molar refractivity (Wildman–Crippen MR) is 94.6 cm³/mol. The largest absolute Gasteiger partial charge is 0.494 e. The number of benzene rings is 1. The van der Waals surface area contributed by atoms with Gasteiger partial charge in [0.05, 0.1) is 6.61 Å². The molecule has 5 heteroatoms. The summed E-state index contributed by atoms with van der Waals surface area (Å²) in [6.45, 7) is 5.56. The summed E-state index contributed by atoms with van der Waals surface area (Å²) in [5, 5.41) is 12.1. The Morgan fingerprint density at radius 3 is 2.75 bits per heavy atom. The van der Waals surface area contributed by atoms with E-state index >= 15 is 0 Å². The van der Waals surface area contributed by atoms with Gasteiger partial charge in [-0.3, -0.25) is 4.79 Å². The minimum absolute atomic E-state index is 0.143. The molecule has 1 saturated heterocycles. The first kappa shape index (κ1) is 17.9. The molecule has 1 aromatic rings. The van der Waals surface area contributed by atoms with Crippen LogP contribution in [-0.4, -0.2) is 30.0 Å². The summed E-state index contributed by atoms with van der Waals surface area (Å²) in [5.74, 6) is 0.382. The van der Waals surface area contributed by atoms with E-state index in [1.165, 1.54) is 6.42 Å². The van der Waals surface area contributed by atoms with E-state index in [4.69, 9.17) is 4.74 Å². The first-order chi connectivity index (χ1) is 11.7. The van der Waals surface area contributed by atoms with Gasteiger partial charge in [-0.15, -0.1) is 0 Å². The number of piperidine rings is 1. The van der Waals surface area contributed by atoms with Crippen LogP contribution in [0.4, 0.5) is 5.69 Å². The lowest BCUT2D eigenvalue weighted by atomic mass is 10.0. The number of anilines is 1. The quantitative estimate of drug-likeness (QED) is 0.639. The highest BCUT2D eigenvalue weighted by Gasteiger charge is 2.20. The normalized spacial score (nSPS) is 18.0. The number of amides is 1. The standard InChI is InChI=1S/C19H25N3O2/c1-3-17-7-5-6-12-22(17)14-15(13-20)19(23)21-16-8-10-18(11-9-16)24-4-2/h8-11,14,17H,3-7,12H2,1-2H3,(H,21,23)/b15-14-. The SMILES string of the molecule is CCOc1ccc(NC(=O)/C(C#N)=C\N2CCCCC2CC)cc1. The number of nitriles is 1. The molecule has 1 atom stereocenters. The number of nitrogens with zero attached hydrogens (tertiary/aromatic N) is 2. The lowest BCUT2D eigenvalue weighted by molar-refractivity contribution is -0.112. The van der Waals surface area contributed by atoms with Gasteiger partial charge in [0.25, 0.3) is 5.91 Å². The zero-order valence-electron chi connectivity index (χ0n) is 14.4. The van der Waals surface area contributed by atoms with Crippen molar-refractivity contribution < 1.29 is 9.53 Å². The third-order valence-electron chi connectivity index (χ3n) is 4.23. The lowest BCUT2D eigenvalue weighted by Crippen LogP contribution is -2.35. The molecular weight excluding hydrogens is 302 g/mol. The van der Waals surface area contributed by atoms with Gasteiger partial charge in [0.2, 0.25) is 0 Å². The molecule has 1 unspecified atom stereocenters. The molecule has 0 spiro atoms. The number of hydrogen-bond donors (Lipinski definition) is 1. The molecule has 1 fully saturated rings. The molecule has 2 rings (SSSR count). The fourth-order valence-corrected chi connectivity index (χ4v) is 2.94. The number of hydrogen-bond acceptors (Lipinski definition) is 4. The zero-order valence-corrected chi connectivity index (χ0v) is 14.4. The van der Waals surface area contributed by atoms with E-state index in [-0.39, 0.29) is 11.5 Å². The third kappa shape index (κ3) is 4.76. The van der Waals surface area contributed by atoms with Gasteiger partial charge in [-0.05, 0) is 56.9 Å². The van der Waals surface area contributed by atoms with Crippen molar-refractivity contribution in [3.8, 4) is 11.8 Å². The van der Waals surface area contributed by atoms with E-state index in [9.17, 15) is 10.1 Å². The van der Waals surface area contributed by atoms with Gasteiger partial charge in [-0.25, -0.2) is 0 Å². The Labute approximate surface area is 143 Å². The Morgan fingerprint density at radius 2 is 2.12 bits per heavy atom. The number of carbonyl (C=O) groups is 1. The Bertz CT molecular complexity index is 616. The molecule has 0 bridgehead atoms. The van der Waals surface area contributed by atoms with E-state index in [0.717, 1.165) is 31.6 Å². The van der Waals surface area contributed by atoms with E-state index in [2.05, 4.69) is 17.1 Å². The maximum Gasteiger partial charge on any atom is 0.267 e. The van der Waals surface area contributed by atoms with Crippen LogP contribution in [0, 0.1) is 11.3 Å². The van der Waals surface area contributed by atoms with Gasteiger partial charge >= 0.3 is 0 Å². The van der Waals surface area contributed by atoms with Gasteiger partial charge in [-0.1, -0.05) is 6.92 Å². The van der Waals surface area contributed by atoms with E-state index in [0.29, 0.717) is 18.3 Å². The Balaban J connectivity index is 2.05. The molecule has 1 heterocycles. The molecule has 0 saturated carbocycles. The molecular formula is C19H25N3O2. The average molecular weight is 327 g/mol. The number of ether oxygens (including phenoxy) is 1. The van der Waals surface area contributed by atoms with Gasteiger partial charge in [0.15, 0.2) is 0 Å². The van der Waals surface area contributed by atoms with E-state index < -0.39 is 0 Å². The molecule has 0 aliphatic carbocycles. The highest BCUT2D eigenvalue weighted by molar-refractivity contribution is 6.06. The van der Waals surface area contributed by atoms with Crippen molar-refractivity contribution >= 4 is 11.6 Å². The summed E-state index contributed by atoms with van der Waals surface area (Å²) in [6, 6.07) is 9.58. The van der Waals surface area contributed by atoms with Crippen LogP contribution in [0.3, 0.4) is 0 Å².